The molecule has 0 spiro atoms. The van der Waals surface area contributed by atoms with E-state index in [-0.39, 0.29) is 42.5 Å². The highest BCUT2D eigenvalue weighted by atomic mass is 35.5. The molecule has 232 valence electrons. The third kappa shape index (κ3) is 6.26. The number of aromatic hydroxyl groups is 1. The average molecular weight is 619 g/mol. The minimum atomic E-state index is -1.05. The number of amides is 2. The summed E-state index contributed by atoms with van der Waals surface area (Å²) >= 11 is 6.29. The number of halogens is 1. The molecule has 0 bridgehead atoms. The van der Waals surface area contributed by atoms with Crippen LogP contribution in [-0.4, -0.2) is 75.8 Å². The summed E-state index contributed by atoms with van der Waals surface area (Å²) in [5, 5.41) is 31.3. The number of phenols is 1. The Kier molecular flexibility index (Phi) is 9.31. The number of rotatable bonds is 8. The van der Waals surface area contributed by atoms with Crippen LogP contribution in [0.3, 0.4) is 0 Å². The van der Waals surface area contributed by atoms with Crippen LogP contribution in [0.5, 0.6) is 5.75 Å². The second-order valence-electron chi connectivity index (χ2n) is 12.7. The Morgan fingerprint density at radius 3 is 2.55 bits per heavy atom. The zero-order valence-corrected chi connectivity index (χ0v) is 25.8. The second-order valence-corrected chi connectivity index (χ2v) is 13.2. The maximum absolute atomic E-state index is 14.1. The molecular formula is C34H40BClN2O6. The number of nitrogens with zero attached hydrogens (tertiary/aromatic N) is 2. The van der Waals surface area contributed by atoms with Crippen LogP contribution >= 0.6 is 11.6 Å². The van der Waals surface area contributed by atoms with Gasteiger partial charge in [-0.25, -0.2) is 0 Å². The van der Waals surface area contributed by atoms with Gasteiger partial charge in [-0.1, -0.05) is 53.6 Å². The normalized spacial score (nSPS) is 26.8. The highest BCUT2D eigenvalue weighted by molar-refractivity contribution is 6.43. The molecule has 3 fully saturated rings. The van der Waals surface area contributed by atoms with Gasteiger partial charge in [0.25, 0.3) is 0 Å². The van der Waals surface area contributed by atoms with Gasteiger partial charge in [-0.05, 0) is 91.7 Å². The molecule has 0 saturated carbocycles. The molecule has 6 rings (SSSR count). The monoisotopic (exact) mass is 618 g/mol. The van der Waals surface area contributed by atoms with Gasteiger partial charge in [-0.3, -0.25) is 19.4 Å². The summed E-state index contributed by atoms with van der Waals surface area (Å²) in [5.74, 6) is -1.55. The molecule has 0 radical (unpaired) electrons. The van der Waals surface area contributed by atoms with Crippen molar-refractivity contribution < 1.29 is 29.5 Å². The number of hydrogen-bond donors (Lipinski definition) is 3. The number of carbonyl (C=O) groups is 2. The van der Waals surface area contributed by atoms with E-state index in [1.807, 2.05) is 31.2 Å². The van der Waals surface area contributed by atoms with Crippen molar-refractivity contribution in [3.8, 4) is 5.75 Å². The Morgan fingerprint density at radius 1 is 1.09 bits per heavy atom. The summed E-state index contributed by atoms with van der Waals surface area (Å²) in [5.41, 5.74) is 4.73. The van der Waals surface area contributed by atoms with Crippen LogP contribution in [0.2, 0.25) is 11.3 Å². The lowest BCUT2D eigenvalue weighted by atomic mass is 9.58. The second kappa shape index (κ2) is 13.2. The average Bonchev–Trinajstić information content (AvgIpc) is 3.26. The molecule has 3 saturated heterocycles. The smallest absolute Gasteiger partial charge is 0.455 e. The van der Waals surface area contributed by atoms with Gasteiger partial charge in [-0.15, -0.1) is 0 Å². The molecule has 0 unspecified atom stereocenters. The van der Waals surface area contributed by atoms with Crippen LogP contribution in [0.25, 0.3) is 6.08 Å². The number of imide groups is 1. The van der Waals surface area contributed by atoms with E-state index in [0.29, 0.717) is 24.3 Å². The number of aliphatic hydroxyl groups is 1. The fraction of sp³-hybridized carbons (Fsp3) is 0.471. The number of hydrogen-bond acceptors (Lipinski definition) is 7. The molecule has 10 heteroatoms. The third-order valence-corrected chi connectivity index (χ3v) is 10.2. The summed E-state index contributed by atoms with van der Waals surface area (Å²) in [6.45, 7) is 4.27. The van der Waals surface area contributed by atoms with Gasteiger partial charge in [-0.2, -0.15) is 0 Å². The molecule has 3 heterocycles. The molecule has 2 aromatic rings. The van der Waals surface area contributed by atoms with Crippen molar-refractivity contribution in [2.45, 2.75) is 64.0 Å². The number of likely N-dealkylation sites (tertiary alicyclic amines) is 2. The Morgan fingerprint density at radius 2 is 1.84 bits per heavy atom. The van der Waals surface area contributed by atoms with E-state index in [1.165, 1.54) is 16.5 Å². The third-order valence-electron chi connectivity index (χ3n) is 9.89. The molecule has 8 nitrogen and oxygen atoms in total. The minimum Gasteiger partial charge on any atom is -0.508 e. The first-order valence-corrected chi connectivity index (χ1v) is 16.1. The van der Waals surface area contributed by atoms with Crippen molar-refractivity contribution in [1.82, 2.24) is 9.80 Å². The molecule has 4 aliphatic rings. The first-order chi connectivity index (χ1) is 21.2. The molecule has 3 N–H and O–H groups in total. The largest absolute Gasteiger partial charge is 0.508 e. The van der Waals surface area contributed by atoms with Crippen LogP contribution in [0.15, 0.2) is 65.3 Å². The van der Waals surface area contributed by atoms with Crippen molar-refractivity contribution in [1.29, 1.82) is 0 Å². The van der Waals surface area contributed by atoms with Crippen molar-refractivity contribution in [3.05, 3.63) is 81.4 Å². The van der Waals surface area contributed by atoms with Gasteiger partial charge in [0, 0.05) is 25.7 Å². The fourth-order valence-corrected chi connectivity index (χ4v) is 8.03. The summed E-state index contributed by atoms with van der Waals surface area (Å²) in [4.78, 5) is 31.8. The van der Waals surface area contributed by atoms with Crippen LogP contribution in [0.1, 0.15) is 50.2 Å². The van der Waals surface area contributed by atoms with Crippen LogP contribution in [-0.2, 0) is 20.8 Å². The lowest BCUT2D eigenvalue weighted by Gasteiger charge is -2.43. The molecule has 2 amide bonds. The quantitative estimate of drug-likeness (QED) is 0.224. The number of fused-ring (bicyclic) bond motifs is 3. The molecular weight excluding hydrogens is 579 g/mol. The van der Waals surface area contributed by atoms with E-state index in [2.05, 4.69) is 17.0 Å². The van der Waals surface area contributed by atoms with E-state index >= 15 is 0 Å². The van der Waals surface area contributed by atoms with Gasteiger partial charge in [0.05, 0.1) is 29.6 Å². The highest BCUT2D eigenvalue weighted by Gasteiger charge is 2.58. The Labute approximate surface area is 264 Å². The summed E-state index contributed by atoms with van der Waals surface area (Å²) in [6, 6.07) is 15.0. The molecule has 0 aromatic heterocycles. The van der Waals surface area contributed by atoms with Gasteiger partial charge in [0.2, 0.25) is 11.8 Å². The Bertz CT molecular complexity index is 1460. The minimum absolute atomic E-state index is 0.103. The van der Waals surface area contributed by atoms with E-state index in [1.54, 1.807) is 12.1 Å². The first-order valence-electron chi connectivity index (χ1n) is 15.7. The predicted molar refractivity (Wildman–Crippen MR) is 169 cm³/mol. The predicted octanol–water partition coefficient (Wildman–Crippen LogP) is 4.68. The molecule has 3 aliphatic heterocycles. The maximum Gasteiger partial charge on any atom is 0.455 e. The number of allylic oxidation sites excluding steroid dienone is 1. The van der Waals surface area contributed by atoms with Crippen molar-refractivity contribution >= 4 is 36.6 Å². The first kappa shape index (κ1) is 31.1. The van der Waals surface area contributed by atoms with Crippen LogP contribution < -0.4 is 0 Å². The number of phenolic OH excluding ortho intramolecular Hbond substituents is 1. The SMILES string of the molecule is C/C(=C\c1ccc(O)cc1Cl)CC[C@H]1OB(O)C[C@H]2C1=C(CO)C[C@H]1C(=O)N(C3CCN(Cc4ccccc4)CC3)C(=O)[C@H]12. The van der Waals surface area contributed by atoms with Gasteiger partial charge in [0.15, 0.2) is 0 Å². The van der Waals surface area contributed by atoms with Crippen molar-refractivity contribution in [2.24, 2.45) is 17.8 Å². The number of benzene rings is 2. The van der Waals surface area contributed by atoms with Gasteiger partial charge in [0.1, 0.15) is 5.75 Å². The Hall–Kier alpha value is -2.95. The fourth-order valence-electron chi connectivity index (χ4n) is 7.80. The van der Waals surface area contributed by atoms with E-state index in [4.69, 9.17) is 16.3 Å². The number of piperidine rings is 1. The van der Waals surface area contributed by atoms with E-state index < -0.39 is 25.1 Å². The zero-order chi connectivity index (χ0) is 31.0. The summed E-state index contributed by atoms with van der Waals surface area (Å²) in [7, 11) is -1.05. The van der Waals surface area contributed by atoms with Crippen molar-refractivity contribution in [2.75, 3.05) is 19.7 Å². The van der Waals surface area contributed by atoms with E-state index in [0.717, 1.165) is 54.8 Å². The maximum atomic E-state index is 14.1. The lowest BCUT2D eigenvalue weighted by Crippen LogP contribution is -2.48. The van der Waals surface area contributed by atoms with Gasteiger partial charge < -0.3 is 19.9 Å². The van der Waals surface area contributed by atoms with Crippen LogP contribution in [0.4, 0.5) is 0 Å². The lowest BCUT2D eigenvalue weighted by molar-refractivity contribution is -0.144. The summed E-state index contributed by atoms with van der Waals surface area (Å²) in [6.07, 6.45) is 4.74. The topological polar surface area (TPSA) is 111 Å². The summed E-state index contributed by atoms with van der Waals surface area (Å²) < 4.78 is 6.03. The molecule has 1 aliphatic carbocycles. The van der Waals surface area contributed by atoms with Crippen LogP contribution in [0, 0.1) is 17.8 Å². The molecule has 4 atom stereocenters. The number of carbonyl (C=O) groups excluding carboxylic acids is 2. The Balaban J connectivity index is 1.16. The molecule has 44 heavy (non-hydrogen) atoms. The standard InChI is InChI=1S/C34H40BClN2O6/c1-21(15-23-8-9-26(40)17-29(23)36)7-10-30-31-24(20-39)16-27-32(28(31)18-35(43)44-30)34(42)38(33(27)41)25-11-13-37(14-12-25)19-22-5-3-2-4-6-22/h2-6,8-9,15,17,25,27-28,30,32,39-40,43H,7,10-14,16,18-20H2,1H3/b21-15+/t27-,28+,30-,32-/m1/s1. The number of aliphatic hydroxyl groups excluding tert-OH is 1. The zero-order valence-electron chi connectivity index (χ0n) is 25.1. The van der Waals surface area contributed by atoms with Crippen molar-refractivity contribution in [3.63, 3.8) is 0 Å². The molecule has 2 aromatic carbocycles. The highest BCUT2D eigenvalue weighted by Crippen LogP contribution is 2.51. The van der Waals surface area contributed by atoms with E-state index in [9.17, 15) is 24.8 Å². The van der Waals surface area contributed by atoms with Gasteiger partial charge >= 0.3 is 7.12 Å².